The first kappa shape index (κ1) is 27.9. The molecule has 1 aliphatic rings. The molecule has 0 aliphatic carbocycles. The van der Waals surface area contributed by atoms with Gasteiger partial charge in [-0.2, -0.15) is 0 Å². The highest BCUT2D eigenvalue weighted by molar-refractivity contribution is 7.07. The minimum atomic E-state index is -0.705. The van der Waals surface area contributed by atoms with Gasteiger partial charge in [0.25, 0.3) is 11.5 Å². The number of hydrogen-bond acceptors (Lipinski definition) is 7. The van der Waals surface area contributed by atoms with Gasteiger partial charge in [-0.15, -0.1) is 0 Å². The molecule has 1 aliphatic heterocycles. The maximum absolute atomic E-state index is 14.0. The normalized spacial score (nSPS) is 14.9. The number of para-hydroxylation sites is 1. The molecule has 1 amide bonds. The lowest BCUT2D eigenvalue weighted by Gasteiger charge is -2.25. The Kier molecular flexibility index (Phi) is 8.07. The van der Waals surface area contributed by atoms with E-state index in [4.69, 9.17) is 19.2 Å². The van der Waals surface area contributed by atoms with Gasteiger partial charge in [0.05, 0.1) is 42.2 Å². The van der Waals surface area contributed by atoms with Crippen molar-refractivity contribution in [2.24, 2.45) is 4.99 Å². The van der Waals surface area contributed by atoms with Crippen molar-refractivity contribution < 1.29 is 19.0 Å². The molecule has 41 heavy (non-hydrogen) atoms. The minimum absolute atomic E-state index is 0.00780. The van der Waals surface area contributed by atoms with Crippen molar-refractivity contribution in [3.05, 3.63) is 115 Å². The van der Waals surface area contributed by atoms with Gasteiger partial charge in [0, 0.05) is 5.69 Å². The lowest BCUT2D eigenvalue weighted by atomic mass is 9.95. The summed E-state index contributed by atoms with van der Waals surface area (Å²) in [6.45, 7) is 5.69. The molecule has 1 N–H and O–H groups in total. The monoisotopic (exact) mass is 569 g/mol. The van der Waals surface area contributed by atoms with Crippen molar-refractivity contribution >= 4 is 29.0 Å². The lowest BCUT2D eigenvalue weighted by Crippen LogP contribution is -2.40. The van der Waals surface area contributed by atoms with E-state index in [9.17, 15) is 9.59 Å². The summed E-state index contributed by atoms with van der Waals surface area (Å²) < 4.78 is 18.9. The van der Waals surface area contributed by atoms with E-state index >= 15 is 0 Å². The van der Waals surface area contributed by atoms with Gasteiger partial charge in [-0.3, -0.25) is 14.2 Å². The third-order valence-electron chi connectivity index (χ3n) is 6.56. The highest BCUT2D eigenvalue weighted by Gasteiger charge is 2.32. The molecule has 4 aromatic rings. The predicted molar refractivity (Wildman–Crippen MR) is 161 cm³/mol. The number of carbonyl (C=O) groups is 1. The summed E-state index contributed by atoms with van der Waals surface area (Å²) in [4.78, 5) is 32.9. The molecule has 5 rings (SSSR count). The highest BCUT2D eigenvalue weighted by Crippen LogP contribution is 2.33. The summed E-state index contributed by atoms with van der Waals surface area (Å²) in [5, 5.41) is 2.97. The molecule has 0 radical (unpaired) electrons. The number of aromatic nitrogens is 1. The van der Waals surface area contributed by atoms with Crippen molar-refractivity contribution in [1.29, 1.82) is 0 Å². The number of nitrogens with one attached hydrogen (secondary N) is 1. The Balaban J connectivity index is 1.64. The highest BCUT2D eigenvalue weighted by atomic mass is 32.1. The molecule has 3 aromatic carbocycles. The molecule has 8 nitrogen and oxygen atoms in total. The number of hydrogen-bond donors (Lipinski definition) is 1. The predicted octanol–water partition coefficient (Wildman–Crippen LogP) is 4.68. The molecule has 210 valence electrons. The number of carbonyl (C=O) groups excluding carboxylic acids is 1. The zero-order valence-corrected chi connectivity index (χ0v) is 24.3. The maximum Gasteiger partial charge on any atom is 0.271 e. The summed E-state index contributed by atoms with van der Waals surface area (Å²) in [7, 11) is 3.17. The number of thiazole rings is 1. The van der Waals surface area contributed by atoms with Gasteiger partial charge in [-0.05, 0) is 74.4 Å². The number of fused-ring (bicyclic) bond motifs is 1. The molecule has 0 fully saturated rings. The van der Waals surface area contributed by atoms with Crippen molar-refractivity contribution in [1.82, 2.24) is 4.57 Å². The van der Waals surface area contributed by atoms with Crippen LogP contribution >= 0.6 is 11.3 Å². The first-order chi connectivity index (χ1) is 19.8. The van der Waals surface area contributed by atoms with Crippen LogP contribution in [0.2, 0.25) is 0 Å². The molecule has 0 bridgehead atoms. The number of amides is 1. The molecule has 0 unspecified atom stereocenters. The first-order valence-corrected chi connectivity index (χ1v) is 14.0. The molecule has 1 atom stereocenters. The van der Waals surface area contributed by atoms with Crippen LogP contribution < -0.4 is 34.4 Å². The zero-order chi connectivity index (χ0) is 29.1. The Labute approximate surface area is 241 Å². The van der Waals surface area contributed by atoms with Gasteiger partial charge in [0.15, 0.2) is 16.3 Å². The molecule has 0 saturated heterocycles. The zero-order valence-electron chi connectivity index (χ0n) is 23.5. The average molecular weight is 570 g/mol. The van der Waals surface area contributed by atoms with Crippen molar-refractivity contribution in [3.8, 4) is 17.2 Å². The van der Waals surface area contributed by atoms with Crippen LogP contribution in [0.25, 0.3) is 6.08 Å². The second kappa shape index (κ2) is 11.9. The molecule has 0 saturated carbocycles. The van der Waals surface area contributed by atoms with E-state index in [0.29, 0.717) is 43.5 Å². The van der Waals surface area contributed by atoms with Crippen molar-refractivity contribution in [2.75, 3.05) is 19.5 Å². The van der Waals surface area contributed by atoms with E-state index < -0.39 is 6.04 Å². The second-order valence-electron chi connectivity index (χ2n) is 9.76. The SMILES string of the molecule is COc1cccc([C@H]2C(C(=O)Nc3ccccc3)=C(C)N=c3s/c(=C\c4ccc(OC(C)C)c(OC)c4)c(=O)n32)c1. The largest absolute Gasteiger partial charge is 0.497 e. The smallest absolute Gasteiger partial charge is 0.271 e. The third kappa shape index (κ3) is 5.81. The van der Waals surface area contributed by atoms with Gasteiger partial charge in [0.2, 0.25) is 0 Å². The lowest BCUT2D eigenvalue weighted by molar-refractivity contribution is -0.113. The van der Waals surface area contributed by atoms with E-state index in [2.05, 4.69) is 5.32 Å². The van der Waals surface area contributed by atoms with E-state index in [0.717, 1.165) is 11.1 Å². The number of rotatable bonds is 8. The standard InChI is InChI=1S/C32H31N3O5S/c1-19(2)40-25-15-14-21(16-26(25)39-5)17-27-31(37)35-29(22-10-9-13-24(18-22)38-4)28(20(3)33-32(35)41-27)30(36)34-23-11-7-6-8-12-23/h6-19,29H,1-5H3,(H,34,36)/b27-17-/t29-/m0/s1. The van der Waals surface area contributed by atoms with Gasteiger partial charge >= 0.3 is 0 Å². The van der Waals surface area contributed by atoms with Gasteiger partial charge in [-0.1, -0.05) is 47.7 Å². The number of anilines is 1. The Morgan fingerprint density at radius 1 is 1.00 bits per heavy atom. The van der Waals surface area contributed by atoms with Crippen molar-refractivity contribution in [2.45, 2.75) is 32.9 Å². The van der Waals surface area contributed by atoms with E-state index in [1.54, 1.807) is 31.8 Å². The molecule has 1 aromatic heterocycles. The van der Waals surface area contributed by atoms with Crippen LogP contribution in [0.15, 0.2) is 93.9 Å². The van der Waals surface area contributed by atoms with Crippen LogP contribution in [0, 0.1) is 0 Å². The summed E-state index contributed by atoms with van der Waals surface area (Å²) in [6, 6.07) is 21.4. The fourth-order valence-corrected chi connectivity index (χ4v) is 5.78. The van der Waals surface area contributed by atoms with Gasteiger partial charge in [-0.25, -0.2) is 4.99 Å². The summed E-state index contributed by atoms with van der Waals surface area (Å²) in [6.07, 6.45) is 1.79. The first-order valence-electron chi connectivity index (χ1n) is 13.2. The fraction of sp³-hybridized carbons (Fsp3) is 0.219. The summed E-state index contributed by atoms with van der Waals surface area (Å²) >= 11 is 1.27. The molecule has 9 heteroatoms. The van der Waals surface area contributed by atoms with E-state index in [-0.39, 0.29) is 17.6 Å². The van der Waals surface area contributed by atoms with Crippen molar-refractivity contribution in [3.63, 3.8) is 0 Å². The molecular weight excluding hydrogens is 538 g/mol. The number of nitrogens with zero attached hydrogens (tertiary/aromatic N) is 2. The summed E-state index contributed by atoms with van der Waals surface area (Å²) in [5.74, 6) is 1.50. The van der Waals surface area contributed by atoms with Crippen LogP contribution in [0.1, 0.15) is 37.9 Å². The summed E-state index contributed by atoms with van der Waals surface area (Å²) in [5.41, 5.74) is 2.84. The Morgan fingerprint density at radius 2 is 1.78 bits per heavy atom. The minimum Gasteiger partial charge on any atom is -0.497 e. The van der Waals surface area contributed by atoms with Crippen LogP contribution in [0.3, 0.4) is 0 Å². The number of benzene rings is 3. The Bertz CT molecular complexity index is 1800. The molecule has 2 heterocycles. The number of ether oxygens (including phenoxy) is 3. The maximum atomic E-state index is 14.0. The fourth-order valence-electron chi connectivity index (χ4n) is 4.74. The Morgan fingerprint density at radius 3 is 2.49 bits per heavy atom. The van der Waals surface area contributed by atoms with Crippen LogP contribution in [-0.4, -0.2) is 30.8 Å². The topological polar surface area (TPSA) is 91.2 Å². The van der Waals surface area contributed by atoms with Crippen LogP contribution in [-0.2, 0) is 4.79 Å². The molecule has 0 spiro atoms. The second-order valence-corrected chi connectivity index (χ2v) is 10.8. The average Bonchev–Trinajstić information content (AvgIpc) is 3.27. The quantitative estimate of drug-likeness (QED) is 0.333. The van der Waals surface area contributed by atoms with Gasteiger partial charge < -0.3 is 19.5 Å². The third-order valence-corrected chi connectivity index (χ3v) is 7.54. The number of methoxy groups -OCH3 is 2. The number of allylic oxidation sites excluding steroid dienone is 1. The Hall–Kier alpha value is -4.63. The van der Waals surface area contributed by atoms with Crippen LogP contribution in [0.5, 0.6) is 17.2 Å². The van der Waals surface area contributed by atoms with E-state index in [1.165, 1.54) is 11.3 Å². The van der Waals surface area contributed by atoms with E-state index in [1.807, 2.05) is 86.6 Å². The molecular formula is C32H31N3O5S. The van der Waals surface area contributed by atoms with Crippen LogP contribution in [0.4, 0.5) is 5.69 Å². The van der Waals surface area contributed by atoms with Gasteiger partial charge in [0.1, 0.15) is 5.75 Å².